The predicted octanol–water partition coefficient (Wildman–Crippen LogP) is 3.62. The van der Waals surface area contributed by atoms with Crippen LogP contribution in [0.1, 0.15) is 28.8 Å². The van der Waals surface area contributed by atoms with Crippen molar-refractivity contribution in [2.45, 2.75) is 25.3 Å². The van der Waals surface area contributed by atoms with E-state index in [2.05, 4.69) is 15.0 Å². The summed E-state index contributed by atoms with van der Waals surface area (Å²) in [6, 6.07) is 16.5. The zero-order valence-electron chi connectivity index (χ0n) is 17.5. The fourth-order valence-electron chi connectivity index (χ4n) is 4.26. The molecule has 2 aromatic carbocycles. The van der Waals surface area contributed by atoms with Crippen molar-refractivity contribution in [3.8, 4) is 11.4 Å². The average molecular weight is 425 g/mol. The Balaban J connectivity index is 1.29. The van der Waals surface area contributed by atoms with E-state index in [9.17, 15) is 9.59 Å². The fraction of sp³-hybridized carbons (Fsp3) is 0.200. The first kappa shape index (κ1) is 19.9. The number of Topliss-reactive ketones (excluding diaryl/α,β-unsaturated/α-hetero) is 1. The summed E-state index contributed by atoms with van der Waals surface area (Å²) in [5.74, 6) is 0.689. The number of carbonyl (C=O) groups excluding carboxylic acids is 2. The van der Waals surface area contributed by atoms with Crippen LogP contribution in [0.5, 0.6) is 0 Å². The molecule has 7 nitrogen and oxygen atoms in total. The lowest BCUT2D eigenvalue weighted by Crippen LogP contribution is -2.41. The third-order valence-corrected chi connectivity index (χ3v) is 5.91. The maximum atomic E-state index is 13.0. The molecule has 3 N–H and O–H groups in total. The van der Waals surface area contributed by atoms with Crippen molar-refractivity contribution in [1.82, 2.24) is 19.9 Å². The van der Waals surface area contributed by atoms with Crippen molar-refractivity contribution in [1.29, 1.82) is 0 Å². The molecule has 160 valence electrons. The summed E-state index contributed by atoms with van der Waals surface area (Å²) >= 11 is 0. The Bertz CT molecular complexity index is 1280. The lowest BCUT2D eigenvalue weighted by Gasteiger charge is -2.23. The van der Waals surface area contributed by atoms with Gasteiger partial charge in [-0.05, 0) is 48.7 Å². The molecule has 4 aromatic rings. The number of aromatic nitrogens is 3. The minimum absolute atomic E-state index is 0.0618. The van der Waals surface area contributed by atoms with Gasteiger partial charge in [-0.1, -0.05) is 24.3 Å². The van der Waals surface area contributed by atoms with Gasteiger partial charge >= 0.3 is 0 Å². The SMILES string of the molecule is Nc1ccc2nc(-c3ccc(CC(=O)[C@@H]4CCCN4C(=O)c4cccnc4)cc3)[nH]c2c1. The first-order chi connectivity index (χ1) is 15.6. The molecule has 1 aliphatic rings. The summed E-state index contributed by atoms with van der Waals surface area (Å²) in [5, 5.41) is 0. The molecule has 3 heterocycles. The third-order valence-electron chi connectivity index (χ3n) is 5.91. The number of benzene rings is 2. The number of nitrogen functional groups attached to an aromatic ring is 1. The summed E-state index contributed by atoms with van der Waals surface area (Å²) in [6.45, 7) is 0.597. The number of nitrogens with one attached hydrogen (secondary N) is 1. The number of nitrogens with zero attached hydrogens (tertiary/aromatic N) is 3. The number of nitrogens with two attached hydrogens (primary N) is 1. The number of fused-ring (bicyclic) bond motifs is 1. The van der Waals surface area contributed by atoms with Crippen LogP contribution in [0.3, 0.4) is 0 Å². The van der Waals surface area contributed by atoms with Crippen molar-refractivity contribution in [2.75, 3.05) is 12.3 Å². The van der Waals surface area contributed by atoms with Crippen LogP contribution in [0.15, 0.2) is 67.0 Å². The van der Waals surface area contributed by atoms with E-state index < -0.39 is 0 Å². The highest BCUT2D eigenvalue weighted by atomic mass is 16.2. The molecule has 0 aliphatic carbocycles. The van der Waals surface area contributed by atoms with Crippen LogP contribution in [-0.2, 0) is 11.2 Å². The summed E-state index contributed by atoms with van der Waals surface area (Å²) < 4.78 is 0. The van der Waals surface area contributed by atoms with Gasteiger partial charge in [0.15, 0.2) is 5.78 Å². The molecule has 5 rings (SSSR count). The second-order valence-corrected chi connectivity index (χ2v) is 8.10. The minimum atomic E-state index is -0.386. The van der Waals surface area contributed by atoms with Gasteiger partial charge in [0.1, 0.15) is 5.82 Å². The van der Waals surface area contributed by atoms with Crippen molar-refractivity contribution in [2.24, 2.45) is 0 Å². The van der Waals surface area contributed by atoms with Gasteiger partial charge in [0.2, 0.25) is 0 Å². The summed E-state index contributed by atoms with van der Waals surface area (Å²) in [7, 11) is 0. The Morgan fingerprint density at radius 2 is 1.97 bits per heavy atom. The minimum Gasteiger partial charge on any atom is -0.399 e. The number of imidazole rings is 1. The number of anilines is 1. The van der Waals surface area contributed by atoms with Gasteiger partial charge in [0.05, 0.1) is 22.6 Å². The predicted molar refractivity (Wildman–Crippen MR) is 123 cm³/mol. The summed E-state index contributed by atoms with van der Waals surface area (Å²) in [4.78, 5) is 39.5. The fourth-order valence-corrected chi connectivity index (χ4v) is 4.26. The molecule has 0 saturated carbocycles. The van der Waals surface area contributed by atoms with Crippen LogP contribution in [0.2, 0.25) is 0 Å². The number of ketones is 1. The number of hydrogen-bond acceptors (Lipinski definition) is 5. The number of likely N-dealkylation sites (tertiary alicyclic amines) is 1. The number of amides is 1. The molecule has 0 unspecified atom stereocenters. The molecule has 2 aromatic heterocycles. The Morgan fingerprint density at radius 3 is 2.75 bits per heavy atom. The van der Waals surface area contributed by atoms with Crippen molar-refractivity contribution in [3.05, 3.63) is 78.1 Å². The van der Waals surface area contributed by atoms with E-state index >= 15 is 0 Å². The van der Waals surface area contributed by atoms with Crippen molar-refractivity contribution >= 4 is 28.4 Å². The quantitative estimate of drug-likeness (QED) is 0.475. The van der Waals surface area contributed by atoms with Gasteiger partial charge in [-0.25, -0.2) is 4.98 Å². The van der Waals surface area contributed by atoms with E-state index in [1.165, 1.54) is 0 Å². The van der Waals surface area contributed by atoms with Crippen LogP contribution in [-0.4, -0.2) is 44.1 Å². The molecule has 0 bridgehead atoms. The van der Waals surface area contributed by atoms with E-state index in [-0.39, 0.29) is 17.7 Å². The van der Waals surface area contributed by atoms with E-state index in [0.717, 1.165) is 34.4 Å². The van der Waals surface area contributed by atoms with E-state index in [1.807, 2.05) is 42.5 Å². The van der Waals surface area contributed by atoms with Crippen LogP contribution < -0.4 is 5.73 Å². The van der Waals surface area contributed by atoms with E-state index in [0.29, 0.717) is 30.6 Å². The molecule has 1 fully saturated rings. The Hall–Kier alpha value is -4.00. The lowest BCUT2D eigenvalue weighted by molar-refractivity contribution is -0.122. The third kappa shape index (κ3) is 3.85. The van der Waals surface area contributed by atoms with Crippen LogP contribution >= 0.6 is 0 Å². The van der Waals surface area contributed by atoms with Crippen LogP contribution in [0.4, 0.5) is 5.69 Å². The molecule has 1 amide bonds. The molecule has 0 spiro atoms. The first-order valence-electron chi connectivity index (χ1n) is 10.7. The standard InChI is InChI=1S/C25H23N5O2/c26-19-9-10-20-21(14-19)29-24(28-20)17-7-5-16(6-8-17)13-23(31)22-4-2-12-30(22)25(32)18-3-1-11-27-15-18/h1,3,5-11,14-15,22H,2,4,12-13,26H2,(H,28,29)/t22-/m0/s1. The summed E-state index contributed by atoms with van der Waals surface area (Å²) in [5.41, 5.74) is 10.6. The highest BCUT2D eigenvalue weighted by Gasteiger charge is 2.34. The molecule has 1 atom stereocenters. The zero-order valence-corrected chi connectivity index (χ0v) is 17.5. The van der Waals surface area contributed by atoms with Crippen molar-refractivity contribution in [3.63, 3.8) is 0 Å². The van der Waals surface area contributed by atoms with Gasteiger partial charge in [-0.2, -0.15) is 0 Å². The highest BCUT2D eigenvalue weighted by Crippen LogP contribution is 2.24. The van der Waals surface area contributed by atoms with Crippen molar-refractivity contribution < 1.29 is 9.59 Å². The maximum absolute atomic E-state index is 13.0. The monoisotopic (exact) mass is 425 g/mol. The average Bonchev–Trinajstić information content (AvgIpc) is 3.47. The van der Waals surface area contributed by atoms with Gasteiger partial charge in [0.25, 0.3) is 5.91 Å². The molecule has 32 heavy (non-hydrogen) atoms. The molecule has 1 saturated heterocycles. The topological polar surface area (TPSA) is 105 Å². The van der Waals surface area contributed by atoms with Gasteiger partial charge in [0, 0.05) is 36.6 Å². The molecular weight excluding hydrogens is 402 g/mol. The van der Waals surface area contributed by atoms with Gasteiger partial charge in [-0.15, -0.1) is 0 Å². The van der Waals surface area contributed by atoms with Crippen LogP contribution in [0, 0.1) is 0 Å². The number of carbonyl (C=O) groups is 2. The van der Waals surface area contributed by atoms with E-state index in [4.69, 9.17) is 5.73 Å². The van der Waals surface area contributed by atoms with Gasteiger partial charge < -0.3 is 15.6 Å². The first-order valence-corrected chi connectivity index (χ1v) is 10.7. The zero-order chi connectivity index (χ0) is 22.1. The molecule has 1 aliphatic heterocycles. The Labute approximate surface area is 185 Å². The van der Waals surface area contributed by atoms with Gasteiger partial charge in [-0.3, -0.25) is 14.6 Å². The number of rotatable bonds is 5. The second kappa shape index (κ2) is 8.26. The lowest BCUT2D eigenvalue weighted by atomic mass is 10.0. The summed E-state index contributed by atoms with van der Waals surface area (Å²) in [6.07, 6.45) is 5.00. The molecule has 0 radical (unpaired) electrons. The van der Waals surface area contributed by atoms with Crippen LogP contribution in [0.25, 0.3) is 22.4 Å². The molecule has 7 heteroatoms. The number of pyridine rings is 1. The Kier molecular flexibility index (Phi) is 5.15. The second-order valence-electron chi connectivity index (χ2n) is 8.10. The number of H-pyrrole nitrogens is 1. The number of hydrogen-bond donors (Lipinski definition) is 2. The van der Waals surface area contributed by atoms with E-state index in [1.54, 1.807) is 29.4 Å². The highest BCUT2D eigenvalue weighted by molar-refractivity contribution is 5.98. The maximum Gasteiger partial charge on any atom is 0.256 e. The largest absolute Gasteiger partial charge is 0.399 e. The smallest absolute Gasteiger partial charge is 0.256 e. The number of aromatic amines is 1. The molecular formula is C25H23N5O2. The normalized spacial score (nSPS) is 15.9. The Morgan fingerprint density at radius 1 is 1.12 bits per heavy atom.